The number of carbonyl (C=O) groups is 3. The van der Waals surface area contributed by atoms with Crippen LogP contribution in [0.2, 0.25) is 0 Å². The molecule has 2 fully saturated rings. The molecule has 0 spiro atoms. The van der Waals surface area contributed by atoms with E-state index in [1.807, 2.05) is 18.7 Å². The van der Waals surface area contributed by atoms with Crippen LogP contribution < -0.4 is 5.32 Å². The number of nitrogens with one attached hydrogen (secondary N) is 1. The normalized spacial score (nSPS) is 26.5. The maximum atomic E-state index is 12.3. The molecule has 1 unspecified atom stereocenters. The first kappa shape index (κ1) is 19.2. The predicted molar refractivity (Wildman–Crippen MR) is 101 cm³/mol. The molecule has 3 rings (SSSR count). The summed E-state index contributed by atoms with van der Waals surface area (Å²) in [5.41, 5.74) is 1.06. The fourth-order valence-electron chi connectivity index (χ4n) is 3.39. The van der Waals surface area contributed by atoms with Crippen molar-refractivity contribution in [3.8, 4) is 0 Å². The van der Waals surface area contributed by atoms with Crippen LogP contribution in [0, 0.1) is 6.92 Å². The van der Waals surface area contributed by atoms with Gasteiger partial charge in [-0.1, -0.05) is 11.8 Å². The number of amides is 4. The van der Waals surface area contributed by atoms with E-state index in [1.54, 1.807) is 18.4 Å². The molecule has 1 aliphatic carbocycles. The number of rotatable bonds is 5. The van der Waals surface area contributed by atoms with Gasteiger partial charge in [0.25, 0.3) is 5.91 Å². The monoisotopic (exact) mass is 396 g/mol. The Balaban J connectivity index is 1.43. The standard InChI is InChI=1S/C17H24N4O3S2/c1-10-9-25-16(18-10)26-12-6-4-11(5-7-12)19-14(22)8-13-15(23)21(3)17(24)20(13)2/h9,11-13H,4-8H2,1-3H3,(H,19,22). The molecule has 2 heterocycles. The van der Waals surface area contributed by atoms with Crippen molar-refractivity contribution in [1.29, 1.82) is 0 Å². The highest BCUT2D eigenvalue weighted by atomic mass is 32.2. The minimum absolute atomic E-state index is 0.0263. The molecule has 0 radical (unpaired) electrons. The Labute approximate surface area is 161 Å². The molecule has 26 heavy (non-hydrogen) atoms. The zero-order chi connectivity index (χ0) is 18.8. The van der Waals surface area contributed by atoms with Gasteiger partial charge in [0.05, 0.1) is 6.42 Å². The third kappa shape index (κ3) is 4.20. The largest absolute Gasteiger partial charge is 0.353 e. The average Bonchev–Trinajstić information content (AvgIpc) is 3.10. The van der Waals surface area contributed by atoms with Gasteiger partial charge in [0, 0.05) is 36.5 Å². The molecule has 0 bridgehead atoms. The molecule has 1 aliphatic heterocycles. The summed E-state index contributed by atoms with van der Waals surface area (Å²) in [6, 6.07) is -0.900. The van der Waals surface area contributed by atoms with Gasteiger partial charge in [-0.15, -0.1) is 11.3 Å². The summed E-state index contributed by atoms with van der Waals surface area (Å²) in [6.07, 6.45) is 3.97. The summed E-state index contributed by atoms with van der Waals surface area (Å²) in [5.74, 6) is -0.476. The molecule has 0 aromatic carbocycles. The van der Waals surface area contributed by atoms with E-state index in [9.17, 15) is 14.4 Å². The Bertz CT molecular complexity index is 700. The summed E-state index contributed by atoms with van der Waals surface area (Å²) >= 11 is 3.52. The van der Waals surface area contributed by atoms with Crippen LogP contribution in [0.4, 0.5) is 4.79 Å². The van der Waals surface area contributed by atoms with Crippen LogP contribution in [-0.2, 0) is 9.59 Å². The number of aryl methyl sites for hydroxylation is 1. The second-order valence-corrected chi connectivity index (χ2v) is 9.33. The minimum atomic E-state index is -0.687. The lowest BCUT2D eigenvalue weighted by Gasteiger charge is -2.28. The second-order valence-electron chi connectivity index (χ2n) is 6.92. The van der Waals surface area contributed by atoms with E-state index in [0.29, 0.717) is 5.25 Å². The Morgan fingerprint density at radius 3 is 2.54 bits per heavy atom. The van der Waals surface area contributed by atoms with Crippen LogP contribution in [0.15, 0.2) is 9.72 Å². The molecule has 1 aromatic rings. The summed E-state index contributed by atoms with van der Waals surface area (Å²) in [6.45, 7) is 2.00. The maximum Gasteiger partial charge on any atom is 0.326 e. The van der Waals surface area contributed by atoms with Crippen LogP contribution in [0.1, 0.15) is 37.8 Å². The van der Waals surface area contributed by atoms with Gasteiger partial charge >= 0.3 is 6.03 Å². The van der Waals surface area contributed by atoms with E-state index >= 15 is 0 Å². The number of hydrogen-bond acceptors (Lipinski definition) is 6. The summed E-state index contributed by atoms with van der Waals surface area (Å²) in [4.78, 5) is 43.0. The second kappa shape index (κ2) is 7.96. The summed E-state index contributed by atoms with van der Waals surface area (Å²) in [5, 5.41) is 5.65. The van der Waals surface area contributed by atoms with Crippen LogP contribution >= 0.6 is 23.1 Å². The van der Waals surface area contributed by atoms with Crippen LogP contribution in [0.3, 0.4) is 0 Å². The number of imide groups is 1. The fourth-order valence-corrected chi connectivity index (χ4v) is 5.68. The lowest BCUT2D eigenvalue weighted by Crippen LogP contribution is -2.42. The van der Waals surface area contributed by atoms with E-state index in [4.69, 9.17) is 0 Å². The van der Waals surface area contributed by atoms with Crippen LogP contribution in [-0.4, -0.2) is 64.1 Å². The van der Waals surface area contributed by atoms with Gasteiger partial charge in [0.1, 0.15) is 10.4 Å². The summed E-state index contributed by atoms with van der Waals surface area (Å²) < 4.78 is 1.12. The van der Waals surface area contributed by atoms with Crippen molar-refractivity contribution in [1.82, 2.24) is 20.1 Å². The zero-order valence-electron chi connectivity index (χ0n) is 15.2. The molecular weight excluding hydrogens is 372 g/mol. The number of carbonyl (C=O) groups excluding carboxylic acids is 3. The average molecular weight is 397 g/mol. The lowest BCUT2D eigenvalue weighted by atomic mass is 9.94. The lowest BCUT2D eigenvalue weighted by molar-refractivity contribution is -0.131. The van der Waals surface area contributed by atoms with Gasteiger partial charge in [0.15, 0.2) is 0 Å². The van der Waals surface area contributed by atoms with E-state index in [2.05, 4.69) is 15.7 Å². The van der Waals surface area contributed by atoms with Crippen molar-refractivity contribution >= 4 is 40.9 Å². The smallest absolute Gasteiger partial charge is 0.326 e. The fraction of sp³-hybridized carbons (Fsp3) is 0.647. The van der Waals surface area contributed by atoms with Gasteiger partial charge in [-0.2, -0.15) is 0 Å². The van der Waals surface area contributed by atoms with E-state index in [-0.39, 0.29) is 30.3 Å². The first-order valence-corrected chi connectivity index (χ1v) is 10.5. The van der Waals surface area contributed by atoms with Crippen molar-refractivity contribution < 1.29 is 14.4 Å². The van der Waals surface area contributed by atoms with E-state index in [0.717, 1.165) is 40.6 Å². The van der Waals surface area contributed by atoms with Crippen LogP contribution in [0.5, 0.6) is 0 Å². The first-order chi connectivity index (χ1) is 12.3. The number of hydrogen-bond donors (Lipinski definition) is 1. The molecule has 1 saturated carbocycles. The van der Waals surface area contributed by atoms with Gasteiger partial charge in [-0.25, -0.2) is 9.78 Å². The van der Waals surface area contributed by atoms with Gasteiger partial charge in [-0.3, -0.25) is 14.5 Å². The van der Waals surface area contributed by atoms with Crippen molar-refractivity contribution in [2.45, 2.75) is 60.7 Å². The Morgan fingerprint density at radius 2 is 2.00 bits per heavy atom. The number of urea groups is 1. The van der Waals surface area contributed by atoms with Gasteiger partial charge in [-0.05, 0) is 32.6 Å². The highest BCUT2D eigenvalue weighted by Crippen LogP contribution is 2.35. The third-order valence-electron chi connectivity index (χ3n) is 4.96. The number of nitrogens with zero attached hydrogens (tertiary/aromatic N) is 3. The number of thiazole rings is 1. The molecule has 2 aliphatic rings. The summed E-state index contributed by atoms with van der Waals surface area (Å²) in [7, 11) is 3.01. The van der Waals surface area contributed by atoms with Crippen molar-refractivity contribution in [2.24, 2.45) is 0 Å². The number of aromatic nitrogens is 1. The molecule has 142 valence electrons. The Morgan fingerprint density at radius 1 is 1.31 bits per heavy atom. The highest BCUT2D eigenvalue weighted by Gasteiger charge is 2.42. The van der Waals surface area contributed by atoms with Gasteiger partial charge in [0.2, 0.25) is 5.91 Å². The van der Waals surface area contributed by atoms with Crippen molar-refractivity contribution in [2.75, 3.05) is 14.1 Å². The Kier molecular flexibility index (Phi) is 5.86. The molecule has 1 aromatic heterocycles. The predicted octanol–water partition coefficient (Wildman–Crippen LogP) is 2.25. The highest BCUT2D eigenvalue weighted by molar-refractivity contribution is 8.01. The zero-order valence-corrected chi connectivity index (χ0v) is 16.9. The number of likely N-dealkylation sites (N-methyl/N-ethyl adjacent to an activating group) is 2. The van der Waals surface area contributed by atoms with E-state index in [1.165, 1.54) is 11.9 Å². The molecule has 1 N–H and O–H groups in total. The van der Waals surface area contributed by atoms with Crippen molar-refractivity contribution in [3.05, 3.63) is 11.1 Å². The first-order valence-electron chi connectivity index (χ1n) is 8.77. The molecule has 7 nitrogen and oxygen atoms in total. The van der Waals surface area contributed by atoms with Crippen LogP contribution in [0.25, 0.3) is 0 Å². The molecule has 1 saturated heterocycles. The van der Waals surface area contributed by atoms with Crippen molar-refractivity contribution in [3.63, 3.8) is 0 Å². The third-order valence-corrected chi connectivity index (χ3v) is 7.38. The maximum absolute atomic E-state index is 12.3. The minimum Gasteiger partial charge on any atom is -0.353 e. The molecular formula is C17H24N4O3S2. The van der Waals surface area contributed by atoms with Gasteiger partial charge < -0.3 is 10.2 Å². The SMILES string of the molecule is Cc1csc(SC2CCC(NC(=O)CC3C(=O)N(C)C(=O)N3C)CC2)n1. The topological polar surface area (TPSA) is 82.6 Å². The Hall–Kier alpha value is -1.61. The molecule has 1 atom stereocenters. The molecule has 4 amide bonds. The number of thioether (sulfide) groups is 1. The molecule has 9 heteroatoms. The van der Waals surface area contributed by atoms with E-state index < -0.39 is 6.04 Å². The quantitative estimate of drug-likeness (QED) is 0.772.